The molecule has 0 saturated carbocycles. The van der Waals surface area contributed by atoms with E-state index in [9.17, 15) is 0 Å². The Morgan fingerprint density at radius 2 is 1.95 bits per heavy atom. The number of nitrogens with two attached hydrogens (primary N) is 1. The van der Waals surface area contributed by atoms with Crippen molar-refractivity contribution in [3.63, 3.8) is 0 Å². The number of furan rings is 1. The van der Waals surface area contributed by atoms with Crippen molar-refractivity contribution in [1.29, 1.82) is 0 Å². The molecule has 108 valence electrons. The predicted molar refractivity (Wildman–Crippen MR) is 82.5 cm³/mol. The highest BCUT2D eigenvalue weighted by Crippen LogP contribution is 2.23. The van der Waals surface area contributed by atoms with Gasteiger partial charge in [0.2, 0.25) is 0 Å². The molecule has 3 heteroatoms. The summed E-state index contributed by atoms with van der Waals surface area (Å²) in [6, 6.07) is 12.7. The Morgan fingerprint density at radius 1 is 1.20 bits per heavy atom. The lowest BCUT2D eigenvalue weighted by molar-refractivity contribution is 0.210. The first-order valence-electron chi connectivity index (χ1n) is 7.19. The molecule has 0 spiro atoms. The van der Waals surface area contributed by atoms with Gasteiger partial charge in [0.25, 0.3) is 0 Å². The highest BCUT2D eigenvalue weighted by Gasteiger charge is 2.19. The minimum atomic E-state index is 0.120. The molecule has 0 saturated heterocycles. The average Bonchev–Trinajstić information content (AvgIpc) is 2.91. The number of likely N-dealkylation sites (N-methyl/N-ethyl adjacent to an activating group) is 1. The van der Waals surface area contributed by atoms with Crippen LogP contribution in [0.4, 0.5) is 0 Å². The second-order valence-electron chi connectivity index (χ2n) is 5.25. The van der Waals surface area contributed by atoms with E-state index >= 15 is 0 Å². The molecule has 0 amide bonds. The minimum absolute atomic E-state index is 0.120. The van der Waals surface area contributed by atoms with Crippen molar-refractivity contribution in [2.24, 2.45) is 5.73 Å². The fraction of sp³-hybridized carbons (Fsp3) is 0.412. The fourth-order valence-corrected chi connectivity index (χ4v) is 2.44. The van der Waals surface area contributed by atoms with Gasteiger partial charge in [-0.25, -0.2) is 0 Å². The molecule has 2 rings (SSSR count). The third-order valence-corrected chi connectivity index (χ3v) is 3.80. The average molecular weight is 272 g/mol. The minimum Gasteiger partial charge on any atom is -0.464 e. The van der Waals surface area contributed by atoms with Gasteiger partial charge in [0, 0.05) is 19.5 Å². The first-order chi connectivity index (χ1) is 9.65. The molecule has 3 nitrogen and oxygen atoms in total. The number of nitrogens with zero attached hydrogens (tertiary/aromatic N) is 1. The van der Waals surface area contributed by atoms with Crippen molar-refractivity contribution < 1.29 is 4.42 Å². The number of rotatable bonds is 6. The maximum absolute atomic E-state index is 5.95. The summed E-state index contributed by atoms with van der Waals surface area (Å²) in [5.74, 6) is 1.98. The van der Waals surface area contributed by atoms with Crippen LogP contribution in [0.15, 0.2) is 40.8 Å². The van der Waals surface area contributed by atoms with Gasteiger partial charge < -0.3 is 10.2 Å². The zero-order valence-electron chi connectivity index (χ0n) is 12.6. The van der Waals surface area contributed by atoms with Crippen LogP contribution in [0.1, 0.15) is 35.6 Å². The Labute approximate surface area is 121 Å². The van der Waals surface area contributed by atoms with Gasteiger partial charge in [-0.05, 0) is 37.2 Å². The molecule has 0 aliphatic rings. The Bertz CT molecular complexity index is 547. The SMILES string of the molecule is CCc1ccc(C(CN)N(C)Cc2ccccc2C)o1. The van der Waals surface area contributed by atoms with Crippen LogP contribution in [-0.2, 0) is 13.0 Å². The van der Waals surface area contributed by atoms with Crippen LogP contribution in [-0.4, -0.2) is 18.5 Å². The molecule has 2 N–H and O–H groups in total. The van der Waals surface area contributed by atoms with Crippen LogP contribution in [0.2, 0.25) is 0 Å². The number of hydrogen-bond donors (Lipinski definition) is 1. The van der Waals surface area contributed by atoms with Gasteiger partial charge in [0.05, 0.1) is 6.04 Å². The normalized spacial score (nSPS) is 12.8. The van der Waals surface area contributed by atoms with Gasteiger partial charge in [0.15, 0.2) is 0 Å². The maximum atomic E-state index is 5.95. The van der Waals surface area contributed by atoms with Gasteiger partial charge in [0.1, 0.15) is 11.5 Å². The van der Waals surface area contributed by atoms with E-state index in [0.29, 0.717) is 6.54 Å². The monoisotopic (exact) mass is 272 g/mol. The lowest BCUT2D eigenvalue weighted by Crippen LogP contribution is -2.30. The van der Waals surface area contributed by atoms with E-state index in [-0.39, 0.29) is 6.04 Å². The summed E-state index contributed by atoms with van der Waals surface area (Å²) in [5.41, 5.74) is 8.58. The van der Waals surface area contributed by atoms with Crippen LogP contribution >= 0.6 is 0 Å². The van der Waals surface area contributed by atoms with Crippen molar-refractivity contribution >= 4 is 0 Å². The summed E-state index contributed by atoms with van der Waals surface area (Å²) in [6.07, 6.45) is 0.915. The Kier molecular flexibility index (Phi) is 4.99. The molecular weight excluding hydrogens is 248 g/mol. The molecule has 1 heterocycles. The number of benzene rings is 1. The topological polar surface area (TPSA) is 42.4 Å². The third-order valence-electron chi connectivity index (χ3n) is 3.80. The molecule has 2 aromatic rings. The van der Waals surface area contributed by atoms with E-state index in [0.717, 1.165) is 24.5 Å². The molecule has 1 aromatic heterocycles. The van der Waals surface area contributed by atoms with Crippen molar-refractivity contribution in [2.75, 3.05) is 13.6 Å². The van der Waals surface area contributed by atoms with E-state index in [1.54, 1.807) is 0 Å². The molecular formula is C17H24N2O. The molecule has 0 aliphatic heterocycles. The second-order valence-corrected chi connectivity index (χ2v) is 5.25. The van der Waals surface area contributed by atoms with Crippen molar-refractivity contribution in [3.05, 3.63) is 59.0 Å². The van der Waals surface area contributed by atoms with E-state index in [4.69, 9.17) is 10.2 Å². The lowest BCUT2D eigenvalue weighted by atomic mass is 10.1. The van der Waals surface area contributed by atoms with Crippen molar-refractivity contribution in [2.45, 2.75) is 32.9 Å². The molecule has 0 fully saturated rings. The Hall–Kier alpha value is -1.58. The largest absolute Gasteiger partial charge is 0.464 e. The zero-order chi connectivity index (χ0) is 14.5. The molecule has 0 bridgehead atoms. The smallest absolute Gasteiger partial charge is 0.122 e. The highest BCUT2D eigenvalue weighted by atomic mass is 16.3. The van der Waals surface area contributed by atoms with Gasteiger partial charge in [-0.15, -0.1) is 0 Å². The number of aryl methyl sites for hydroxylation is 2. The van der Waals surface area contributed by atoms with Crippen LogP contribution in [0.25, 0.3) is 0 Å². The lowest BCUT2D eigenvalue weighted by Gasteiger charge is -2.26. The first kappa shape index (κ1) is 14.8. The molecule has 1 aromatic carbocycles. The fourth-order valence-electron chi connectivity index (χ4n) is 2.44. The van der Waals surface area contributed by atoms with Gasteiger partial charge in [-0.1, -0.05) is 31.2 Å². The van der Waals surface area contributed by atoms with E-state index < -0.39 is 0 Å². The summed E-state index contributed by atoms with van der Waals surface area (Å²) in [5, 5.41) is 0. The Morgan fingerprint density at radius 3 is 2.55 bits per heavy atom. The van der Waals surface area contributed by atoms with Crippen LogP contribution < -0.4 is 5.73 Å². The quantitative estimate of drug-likeness (QED) is 0.877. The number of hydrogen-bond acceptors (Lipinski definition) is 3. The van der Waals surface area contributed by atoms with E-state index in [1.165, 1.54) is 11.1 Å². The Balaban J connectivity index is 2.13. The maximum Gasteiger partial charge on any atom is 0.122 e. The van der Waals surface area contributed by atoms with Gasteiger partial charge in [-0.2, -0.15) is 0 Å². The van der Waals surface area contributed by atoms with Crippen molar-refractivity contribution in [1.82, 2.24) is 4.90 Å². The summed E-state index contributed by atoms with van der Waals surface area (Å²) in [7, 11) is 2.10. The van der Waals surface area contributed by atoms with Crippen molar-refractivity contribution in [3.8, 4) is 0 Å². The molecule has 20 heavy (non-hydrogen) atoms. The van der Waals surface area contributed by atoms with Gasteiger partial charge in [-0.3, -0.25) is 4.90 Å². The van der Waals surface area contributed by atoms with E-state index in [2.05, 4.69) is 50.1 Å². The van der Waals surface area contributed by atoms with E-state index in [1.807, 2.05) is 12.1 Å². The standard InChI is InChI=1S/C17H24N2O/c1-4-15-9-10-17(20-15)16(11-18)19(3)12-14-8-6-5-7-13(14)2/h5-10,16H,4,11-12,18H2,1-3H3. The van der Waals surface area contributed by atoms with Crippen LogP contribution in [0.5, 0.6) is 0 Å². The molecule has 0 radical (unpaired) electrons. The van der Waals surface area contributed by atoms with Gasteiger partial charge >= 0.3 is 0 Å². The second kappa shape index (κ2) is 6.73. The molecule has 1 atom stereocenters. The first-order valence-corrected chi connectivity index (χ1v) is 7.19. The molecule has 0 aliphatic carbocycles. The summed E-state index contributed by atoms with van der Waals surface area (Å²) in [4.78, 5) is 2.25. The summed E-state index contributed by atoms with van der Waals surface area (Å²) in [6.45, 7) is 5.66. The molecule has 1 unspecified atom stereocenters. The zero-order valence-corrected chi connectivity index (χ0v) is 12.6. The summed E-state index contributed by atoms with van der Waals surface area (Å²) < 4.78 is 5.85. The highest BCUT2D eigenvalue weighted by molar-refractivity contribution is 5.25. The predicted octanol–water partition coefficient (Wildman–Crippen LogP) is 3.28. The van der Waals surface area contributed by atoms with Crippen LogP contribution in [0, 0.1) is 6.92 Å². The van der Waals surface area contributed by atoms with Crippen LogP contribution in [0.3, 0.4) is 0 Å². The summed E-state index contributed by atoms with van der Waals surface area (Å²) >= 11 is 0. The third kappa shape index (κ3) is 3.30.